The zero-order chi connectivity index (χ0) is 20.1. The average molecular weight is 398 g/mol. The third-order valence-corrected chi connectivity index (χ3v) is 4.77. The molecule has 2 N–H and O–H groups in total. The van der Waals surface area contributed by atoms with Crippen molar-refractivity contribution in [2.75, 3.05) is 25.6 Å². The van der Waals surface area contributed by atoms with E-state index in [1.165, 1.54) is 0 Å². The molecule has 0 saturated carbocycles. The van der Waals surface area contributed by atoms with E-state index in [0.29, 0.717) is 35.5 Å². The Balaban J connectivity index is 1.60. The van der Waals surface area contributed by atoms with E-state index in [2.05, 4.69) is 37.2 Å². The van der Waals surface area contributed by atoms with E-state index >= 15 is 0 Å². The number of aromatic amines is 1. The zero-order valence-corrected chi connectivity index (χ0v) is 16.8. The van der Waals surface area contributed by atoms with Gasteiger partial charge in [-0.2, -0.15) is 9.97 Å². The molecule has 4 rings (SSSR count). The molecular formula is C20H26N6O3. The number of hydrogen-bond acceptors (Lipinski definition) is 8. The van der Waals surface area contributed by atoms with E-state index in [1.54, 1.807) is 19.4 Å². The van der Waals surface area contributed by atoms with Crippen LogP contribution in [0.2, 0.25) is 0 Å². The number of pyridine rings is 1. The summed E-state index contributed by atoms with van der Waals surface area (Å²) in [4.78, 5) is 21.3. The normalized spacial score (nSPS) is 16.3. The van der Waals surface area contributed by atoms with Crippen LogP contribution in [-0.2, 0) is 11.2 Å². The molecule has 3 aromatic rings. The lowest BCUT2D eigenvalue weighted by molar-refractivity contribution is 0.0669. The van der Waals surface area contributed by atoms with Crippen molar-refractivity contribution in [3.05, 3.63) is 24.2 Å². The Morgan fingerprint density at radius 2 is 2.21 bits per heavy atom. The first-order valence-corrected chi connectivity index (χ1v) is 10.0. The van der Waals surface area contributed by atoms with Crippen LogP contribution in [0, 0.1) is 0 Å². The van der Waals surface area contributed by atoms with Crippen LogP contribution in [0.25, 0.3) is 11.2 Å². The molecule has 9 nitrogen and oxygen atoms in total. The standard InChI is InChI=1S/C20H26N6O3/c1-3-4-7-15-23-17-18(24-15)25-20(22-13-8-9-16(27-2)21-11-13)26-19(17)29-12-14-6-5-10-28-14/h8-9,11,14H,3-7,10,12H2,1-2H3,(H2,22,23,24,25,26). The molecule has 0 spiro atoms. The number of aromatic nitrogens is 5. The number of ether oxygens (including phenoxy) is 3. The van der Waals surface area contributed by atoms with Gasteiger partial charge in [-0.3, -0.25) is 0 Å². The van der Waals surface area contributed by atoms with Gasteiger partial charge in [-0.15, -0.1) is 0 Å². The van der Waals surface area contributed by atoms with E-state index in [1.807, 2.05) is 6.07 Å². The van der Waals surface area contributed by atoms with Crippen molar-refractivity contribution in [3.8, 4) is 11.8 Å². The van der Waals surface area contributed by atoms with Crippen LogP contribution in [0.3, 0.4) is 0 Å². The molecule has 1 fully saturated rings. The van der Waals surface area contributed by atoms with Crippen LogP contribution in [-0.4, -0.2) is 51.3 Å². The minimum absolute atomic E-state index is 0.102. The van der Waals surface area contributed by atoms with Crippen LogP contribution in [0.1, 0.15) is 38.4 Å². The molecule has 0 aromatic carbocycles. The minimum Gasteiger partial charge on any atom is -0.481 e. The van der Waals surface area contributed by atoms with Gasteiger partial charge in [0.15, 0.2) is 5.65 Å². The zero-order valence-electron chi connectivity index (χ0n) is 16.8. The summed E-state index contributed by atoms with van der Waals surface area (Å²) in [6, 6.07) is 3.62. The number of unbranched alkanes of at least 4 members (excludes halogenated alkanes) is 1. The lowest BCUT2D eigenvalue weighted by atomic mass is 10.2. The molecule has 1 unspecified atom stereocenters. The highest BCUT2D eigenvalue weighted by molar-refractivity contribution is 5.78. The number of H-pyrrole nitrogens is 1. The number of imidazole rings is 1. The first kappa shape index (κ1) is 19.4. The van der Waals surface area contributed by atoms with Gasteiger partial charge in [-0.25, -0.2) is 9.97 Å². The predicted molar refractivity (Wildman–Crippen MR) is 109 cm³/mol. The highest BCUT2D eigenvalue weighted by Crippen LogP contribution is 2.25. The molecule has 4 heterocycles. The van der Waals surface area contributed by atoms with E-state index in [0.717, 1.165) is 50.2 Å². The van der Waals surface area contributed by atoms with Gasteiger partial charge in [0.1, 0.15) is 17.9 Å². The van der Waals surface area contributed by atoms with Gasteiger partial charge in [0.05, 0.1) is 25.1 Å². The molecule has 29 heavy (non-hydrogen) atoms. The van der Waals surface area contributed by atoms with Crippen molar-refractivity contribution in [1.82, 2.24) is 24.9 Å². The molecule has 0 amide bonds. The second-order valence-corrected chi connectivity index (χ2v) is 7.00. The van der Waals surface area contributed by atoms with E-state index in [-0.39, 0.29) is 6.10 Å². The molecule has 9 heteroatoms. The van der Waals surface area contributed by atoms with Crippen LogP contribution in [0.15, 0.2) is 18.3 Å². The predicted octanol–water partition coefficient (Wildman–Crippen LogP) is 3.40. The first-order chi connectivity index (χ1) is 14.2. The van der Waals surface area contributed by atoms with Gasteiger partial charge in [0.25, 0.3) is 0 Å². The SMILES string of the molecule is CCCCc1nc2nc(Nc3ccc(OC)nc3)nc(OCC3CCCO3)c2[nH]1. The van der Waals surface area contributed by atoms with Gasteiger partial charge in [0, 0.05) is 19.1 Å². The lowest BCUT2D eigenvalue weighted by Crippen LogP contribution is -2.17. The topological polar surface area (TPSA) is 107 Å². The summed E-state index contributed by atoms with van der Waals surface area (Å²) in [6.45, 7) is 3.40. The summed E-state index contributed by atoms with van der Waals surface area (Å²) in [5.74, 6) is 2.31. The Kier molecular flexibility index (Phi) is 6.04. The maximum atomic E-state index is 6.01. The second kappa shape index (κ2) is 9.04. The monoisotopic (exact) mass is 398 g/mol. The maximum Gasteiger partial charge on any atom is 0.245 e. The molecule has 0 aliphatic carbocycles. The average Bonchev–Trinajstić information content (AvgIpc) is 3.40. The summed E-state index contributed by atoms with van der Waals surface area (Å²) >= 11 is 0. The number of nitrogens with one attached hydrogen (secondary N) is 2. The largest absolute Gasteiger partial charge is 0.481 e. The van der Waals surface area contributed by atoms with Crippen molar-refractivity contribution in [1.29, 1.82) is 0 Å². The molecule has 1 aliphatic rings. The number of methoxy groups -OCH3 is 1. The van der Waals surface area contributed by atoms with Gasteiger partial charge in [0.2, 0.25) is 17.7 Å². The molecule has 0 radical (unpaired) electrons. The van der Waals surface area contributed by atoms with E-state index in [9.17, 15) is 0 Å². The number of anilines is 2. The fourth-order valence-electron chi connectivity index (χ4n) is 3.19. The quantitative estimate of drug-likeness (QED) is 0.565. The molecule has 0 bridgehead atoms. The molecule has 1 aliphatic heterocycles. The molecule has 154 valence electrons. The Labute approximate surface area is 169 Å². The number of hydrogen-bond donors (Lipinski definition) is 2. The number of aryl methyl sites for hydroxylation is 1. The molecule has 1 atom stereocenters. The Morgan fingerprint density at radius 1 is 1.28 bits per heavy atom. The van der Waals surface area contributed by atoms with Crippen molar-refractivity contribution in [2.45, 2.75) is 45.1 Å². The summed E-state index contributed by atoms with van der Waals surface area (Å²) < 4.78 is 16.8. The van der Waals surface area contributed by atoms with Gasteiger partial charge in [-0.05, 0) is 25.3 Å². The minimum atomic E-state index is 0.102. The number of fused-ring (bicyclic) bond motifs is 1. The van der Waals surface area contributed by atoms with Crippen LogP contribution in [0.5, 0.6) is 11.8 Å². The Hall–Kier alpha value is -2.94. The van der Waals surface area contributed by atoms with Gasteiger partial charge < -0.3 is 24.5 Å². The fraction of sp³-hybridized carbons (Fsp3) is 0.500. The number of rotatable bonds is 9. The summed E-state index contributed by atoms with van der Waals surface area (Å²) in [6.07, 6.45) is 6.85. The van der Waals surface area contributed by atoms with Gasteiger partial charge in [-0.1, -0.05) is 13.3 Å². The lowest BCUT2D eigenvalue weighted by Gasteiger charge is -2.12. The van der Waals surface area contributed by atoms with Crippen LogP contribution in [0.4, 0.5) is 11.6 Å². The second-order valence-electron chi connectivity index (χ2n) is 7.00. The maximum absolute atomic E-state index is 6.01. The summed E-state index contributed by atoms with van der Waals surface area (Å²) in [5.41, 5.74) is 2.04. The smallest absolute Gasteiger partial charge is 0.245 e. The van der Waals surface area contributed by atoms with E-state index in [4.69, 9.17) is 14.2 Å². The summed E-state index contributed by atoms with van der Waals surface area (Å²) in [7, 11) is 1.58. The highest BCUT2D eigenvalue weighted by atomic mass is 16.5. The molecule has 1 saturated heterocycles. The Morgan fingerprint density at radius 3 is 2.93 bits per heavy atom. The first-order valence-electron chi connectivity index (χ1n) is 10.0. The summed E-state index contributed by atoms with van der Waals surface area (Å²) in [5, 5.41) is 3.16. The van der Waals surface area contributed by atoms with Crippen LogP contribution >= 0.6 is 0 Å². The third kappa shape index (κ3) is 4.73. The third-order valence-electron chi connectivity index (χ3n) is 4.77. The van der Waals surface area contributed by atoms with Crippen molar-refractivity contribution in [3.63, 3.8) is 0 Å². The Bertz CT molecular complexity index is 937. The number of nitrogens with zero attached hydrogens (tertiary/aromatic N) is 4. The van der Waals surface area contributed by atoms with Crippen molar-refractivity contribution in [2.24, 2.45) is 0 Å². The van der Waals surface area contributed by atoms with Crippen molar-refractivity contribution < 1.29 is 14.2 Å². The van der Waals surface area contributed by atoms with Crippen molar-refractivity contribution >= 4 is 22.8 Å². The molecule has 3 aromatic heterocycles. The fourth-order valence-corrected chi connectivity index (χ4v) is 3.19. The van der Waals surface area contributed by atoms with Crippen LogP contribution < -0.4 is 14.8 Å². The molecular weight excluding hydrogens is 372 g/mol. The van der Waals surface area contributed by atoms with E-state index < -0.39 is 0 Å². The van der Waals surface area contributed by atoms with Gasteiger partial charge >= 0.3 is 0 Å². The highest BCUT2D eigenvalue weighted by Gasteiger charge is 2.19.